The molecule has 6 heteroatoms. The molecule has 132 valence electrons. The molecule has 1 atom stereocenters. The van der Waals surface area contributed by atoms with Crippen LogP contribution < -0.4 is 14.8 Å². The van der Waals surface area contributed by atoms with E-state index in [2.05, 4.69) is 5.32 Å². The van der Waals surface area contributed by atoms with Crippen molar-refractivity contribution in [2.75, 3.05) is 19.5 Å². The van der Waals surface area contributed by atoms with E-state index < -0.39 is 12.1 Å². The molecule has 2 rings (SSSR count). The summed E-state index contributed by atoms with van der Waals surface area (Å²) in [4.78, 5) is 24.1. The number of hydrogen-bond acceptors (Lipinski definition) is 5. The number of rotatable bonds is 7. The minimum Gasteiger partial charge on any atom is -0.493 e. The number of carbonyl (C=O) groups is 2. The third-order valence-corrected chi connectivity index (χ3v) is 3.52. The molecule has 2 aromatic carbocycles. The molecule has 0 spiro atoms. The van der Waals surface area contributed by atoms with Crippen molar-refractivity contribution in [2.24, 2.45) is 0 Å². The first kappa shape index (κ1) is 18.3. The maximum Gasteiger partial charge on any atom is 0.311 e. The summed E-state index contributed by atoms with van der Waals surface area (Å²) in [6, 6.07) is 14.2. The molecule has 25 heavy (non-hydrogen) atoms. The van der Waals surface area contributed by atoms with Crippen LogP contribution in [0.15, 0.2) is 48.5 Å². The van der Waals surface area contributed by atoms with E-state index in [-0.39, 0.29) is 12.3 Å². The van der Waals surface area contributed by atoms with Gasteiger partial charge in [0.25, 0.3) is 5.91 Å². The van der Waals surface area contributed by atoms with Gasteiger partial charge in [0.1, 0.15) is 0 Å². The summed E-state index contributed by atoms with van der Waals surface area (Å²) in [5.41, 5.74) is 1.36. The summed E-state index contributed by atoms with van der Waals surface area (Å²) in [6.07, 6.45) is -0.864. The number of carbonyl (C=O) groups excluding carboxylic acids is 2. The van der Waals surface area contributed by atoms with Gasteiger partial charge in [-0.2, -0.15) is 0 Å². The van der Waals surface area contributed by atoms with E-state index >= 15 is 0 Å². The van der Waals surface area contributed by atoms with Gasteiger partial charge < -0.3 is 19.5 Å². The van der Waals surface area contributed by atoms with Gasteiger partial charge in [-0.05, 0) is 36.8 Å². The molecule has 0 aliphatic carbocycles. The van der Waals surface area contributed by atoms with E-state index in [1.54, 1.807) is 37.4 Å². The zero-order valence-electron chi connectivity index (χ0n) is 14.4. The SMILES string of the molecule is COc1ccc(CC(=O)O[C@H](C)C(=O)Nc2ccccc2)cc1OC. The molecule has 0 saturated carbocycles. The zero-order chi connectivity index (χ0) is 18.2. The minimum atomic E-state index is -0.896. The fourth-order valence-electron chi connectivity index (χ4n) is 2.21. The third kappa shape index (κ3) is 5.24. The lowest BCUT2D eigenvalue weighted by Crippen LogP contribution is -2.30. The second-order valence-electron chi connectivity index (χ2n) is 5.35. The Bertz CT molecular complexity index is 730. The Morgan fingerprint density at radius 2 is 1.68 bits per heavy atom. The van der Waals surface area contributed by atoms with Gasteiger partial charge in [0.2, 0.25) is 0 Å². The summed E-state index contributed by atoms with van der Waals surface area (Å²) >= 11 is 0. The lowest BCUT2D eigenvalue weighted by atomic mass is 10.1. The number of ether oxygens (including phenoxy) is 3. The number of nitrogens with one attached hydrogen (secondary N) is 1. The molecule has 0 aliphatic rings. The van der Waals surface area contributed by atoms with Crippen LogP contribution in [-0.4, -0.2) is 32.2 Å². The van der Waals surface area contributed by atoms with Gasteiger partial charge >= 0.3 is 5.97 Å². The highest BCUT2D eigenvalue weighted by Gasteiger charge is 2.18. The van der Waals surface area contributed by atoms with Crippen LogP contribution in [0.4, 0.5) is 5.69 Å². The molecule has 1 N–H and O–H groups in total. The molecule has 2 aromatic rings. The van der Waals surface area contributed by atoms with Crippen LogP contribution in [0.3, 0.4) is 0 Å². The molecular formula is C19H21NO5. The predicted octanol–water partition coefficient (Wildman–Crippen LogP) is 2.82. The van der Waals surface area contributed by atoms with Crippen molar-refractivity contribution in [3.8, 4) is 11.5 Å². The van der Waals surface area contributed by atoms with Crippen LogP contribution in [0.1, 0.15) is 12.5 Å². The van der Waals surface area contributed by atoms with Gasteiger partial charge in [0.15, 0.2) is 17.6 Å². The van der Waals surface area contributed by atoms with E-state index in [0.717, 1.165) is 0 Å². The molecule has 0 bridgehead atoms. The number of para-hydroxylation sites is 1. The van der Waals surface area contributed by atoms with E-state index in [0.29, 0.717) is 22.7 Å². The quantitative estimate of drug-likeness (QED) is 0.783. The second-order valence-corrected chi connectivity index (χ2v) is 5.35. The van der Waals surface area contributed by atoms with Gasteiger partial charge in [-0.15, -0.1) is 0 Å². The van der Waals surface area contributed by atoms with E-state index in [9.17, 15) is 9.59 Å². The highest BCUT2D eigenvalue weighted by molar-refractivity contribution is 5.95. The lowest BCUT2D eigenvalue weighted by molar-refractivity contribution is -0.152. The average Bonchev–Trinajstić information content (AvgIpc) is 2.62. The van der Waals surface area contributed by atoms with Crippen LogP contribution >= 0.6 is 0 Å². The molecule has 0 unspecified atom stereocenters. The van der Waals surface area contributed by atoms with E-state index in [4.69, 9.17) is 14.2 Å². The van der Waals surface area contributed by atoms with Crippen LogP contribution in [0, 0.1) is 0 Å². The number of benzene rings is 2. The smallest absolute Gasteiger partial charge is 0.311 e. The molecule has 0 heterocycles. The first-order valence-electron chi connectivity index (χ1n) is 7.79. The highest BCUT2D eigenvalue weighted by Crippen LogP contribution is 2.27. The summed E-state index contributed by atoms with van der Waals surface area (Å²) < 4.78 is 15.6. The minimum absolute atomic E-state index is 0.0311. The Morgan fingerprint density at radius 1 is 1.00 bits per heavy atom. The first-order valence-corrected chi connectivity index (χ1v) is 7.79. The van der Waals surface area contributed by atoms with Crippen molar-refractivity contribution in [3.63, 3.8) is 0 Å². The Labute approximate surface area is 146 Å². The Kier molecular flexibility index (Phi) is 6.39. The first-order chi connectivity index (χ1) is 12.0. The van der Waals surface area contributed by atoms with Gasteiger partial charge in [0.05, 0.1) is 20.6 Å². The van der Waals surface area contributed by atoms with Gasteiger partial charge in [-0.1, -0.05) is 24.3 Å². The van der Waals surface area contributed by atoms with Gasteiger partial charge in [-0.3, -0.25) is 9.59 Å². The highest BCUT2D eigenvalue weighted by atomic mass is 16.5. The van der Waals surface area contributed by atoms with Crippen LogP contribution in [0.2, 0.25) is 0 Å². The number of methoxy groups -OCH3 is 2. The van der Waals surface area contributed by atoms with Crippen molar-refractivity contribution in [3.05, 3.63) is 54.1 Å². The zero-order valence-corrected chi connectivity index (χ0v) is 14.4. The molecule has 0 saturated heterocycles. The summed E-state index contributed by atoms with van der Waals surface area (Å²) in [7, 11) is 3.06. The topological polar surface area (TPSA) is 73.9 Å². The molecule has 0 fully saturated rings. The Balaban J connectivity index is 1.92. The van der Waals surface area contributed by atoms with Gasteiger partial charge in [-0.25, -0.2) is 0 Å². The standard InChI is InChI=1S/C19H21NO5/c1-13(19(22)20-15-7-5-4-6-8-15)25-18(21)12-14-9-10-16(23-2)17(11-14)24-3/h4-11,13H,12H2,1-3H3,(H,20,22)/t13-/m1/s1. The second kappa shape index (κ2) is 8.73. The predicted molar refractivity (Wildman–Crippen MR) is 93.9 cm³/mol. The largest absolute Gasteiger partial charge is 0.493 e. The lowest BCUT2D eigenvalue weighted by Gasteiger charge is -2.14. The van der Waals surface area contributed by atoms with E-state index in [1.165, 1.54) is 14.0 Å². The molecule has 6 nitrogen and oxygen atoms in total. The maximum atomic E-state index is 12.1. The Morgan fingerprint density at radius 3 is 2.32 bits per heavy atom. The fourth-order valence-corrected chi connectivity index (χ4v) is 2.21. The summed E-state index contributed by atoms with van der Waals surface area (Å²) in [6.45, 7) is 1.53. The number of anilines is 1. The molecule has 0 radical (unpaired) electrons. The maximum absolute atomic E-state index is 12.1. The van der Waals surface area contributed by atoms with E-state index in [1.807, 2.05) is 18.2 Å². The fraction of sp³-hybridized carbons (Fsp3) is 0.263. The van der Waals surface area contributed by atoms with Crippen molar-refractivity contribution in [2.45, 2.75) is 19.4 Å². The molecule has 1 amide bonds. The third-order valence-electron chi connectivity index (χ3n) is 3.52. The number of hydrogen-bond donors (Lipinski definition) is 1. The van der Waals surface area contributed by atoms with Gasteiger partial charge in [0, 0.05) is 5.69 Å². The summed E-state index contributed by atoms with van der Waals surface area (Å²) in [5, 5.41) is 2.69. The van der Waals surface area contributed by atoms with Crippen molar-refractivity contribution >= 4 is 17.6 Å². The Hall–Kier alpha value is -3.02. The molecular weight excluding hydrogens is 322 g/mol. The molecule has 0 aliphatic heterocycles. The number of esters is 1. The van der Waals surface area contributed by atoms with Crippen molar-refractivity contribution in [1.29, 1.82) is 0 Å². The average molecular weight is 343 g/mol. The number of amides is 1. The van der Waals surface area contributed by atoms with Crippen LogP contribution in [0.5, 0.6) is 11.5 Å². The van der Waals surface area contributed by atoms with Crippen LogP contribution in [0.25, 0.3) is 0 Å². The van der Waals surface area contributed by atoms with Crippen molar-refractivity contribution < 1.29 is 23.8 Å². The monoisotopic (exact) mass is 343 g/mol. The van der Waals surface area contributed by atoms with Crippen molar-refractivity contribution in [1.82, 2.24) is 0 Å². The normalized spacial score (nSPS) is 11.3. The molecule has 0 aromatic heterocycles. The van der Waals surface area contributed by atoms with Crippen LogP contribution in [-0.2, 0) is 20.7 Å². The summed E-state index contributed by atoms with van der Waals surface area (Å²) in [5.74, 6) is 0.229.